The second kappa shape index (κ2) is 4.49. The fourth-order valence-electron chi connectivity index (χ4n) is 2.82. The monoisotopic (exact) mass is 233 g/mol. The number of hydrogen-bond acceptors (Lipinski definition) is 5. The maximum Gasteiger partial charge on any atom is 0.225 e. The molecule has 2 saturated heterocycles. The number of nitrogens with two attached hydrogens (primary N) is 1. The molecular weight excluding hydrogens is 214 g/mol. The van der Waals surface area contributed by atoms with E-state index in [0.29, 0.717) is 11.7 Å². The van der Waals surface area contributed by atoms with E-state index in [1.807, 2.05) is 0 Å². The first-order chi connectivity index (χ1) is 8.33. The molecule has 1 aromatic heterocycles. The Labute approximate surface area is 102 Å². The molecule has 0 radical (unpaired) electrons. The molecule has 0 aliphatic carbocycles. The van der Waals surface area contributed by atoms with Crippen LogP contribution < -0.4 is 10.6 Å². The molecule has 0 bridgehead atoms. The summed E-state index contributed by atoms with van der Waals surface area (Å²) in [6, 6.07) is 0.693. The van der Waals surface area contributed by atoms with Crippen LogP contribution in [0.1, 0.15) is 19.3 Å². The average molecular weight is 233 g/mol. The van der Waals surface area contributed by atoms with Gasteiger partial charge in [0.15, 0.2) is 0 Å². The van der Waals surface area contributed by atoms with Crippen molar-refractivity contribution in [3.63, 3.8) is 0 Å². The first-order valence-corrected chi connectivity index (χ1v) is 6.39. The lowest BCUT2D eigenvalue weighted by molar-refractivity contribution is 0.260. The van der Waals surface area contributed by atoms with Crippen LogP contribution in [0.4, 0.5) is 11.6 Å². The zero-order chi connectivity index (χ0) is 11.7. The third-order valence-corrected chi connectivity index (χ3v) is 3.76. The standard InChI is InChI=1S/C12H19N5/c13-10-7-14-12(15-8-10)17-6-3-11(9-17)16-4-1-2-5-16/h7-8,11H,1-6,9,13H2. The van der Waals surface area contributed by atoms with Gasteiger partial charge in [0.2, 0.25) is 5.95 Å². The van der Waals surface area contributed by atoms with Gasteiger partial charge in [0, 0.05) is 19.1 Å². The van der Waals surface area contributed by atoms with E-state index in [1.54, 1.807) is 12.4 Å². The summed E-state index contributed by atoms with van der Waals surface area (Å²) in [4.78, 5) is 13.5. The summed E-state index contributed by atoms with van der Waals surface area (Å²) in [5.41, 5.74) is 6.23. The molecule has 1 aromatic rings. The molecule has 3 heterocycles. The number of nitrogen functional groups attached to an aromatic ring is 1. The van der Waals surface area contributed by atoms with Gasteiger partial charge in [0.1, 0.15) is 0 Å². The van der Waals surface area contributed by atoms with Crippen LogP contribution in [0.25, 0.3) is 0 Å². The summed E-state index contributed by atoms with van der Waals surface area (Å²) < 4.78 is 0. The van der Waals surface area contributed by atoms with Crippen LogP contribution in [0.3, 0.4) is 0 Å². The lowest BCUT2D eigenvalue weighted by atomic mass is 10.2. The van der Waals surface area contributed by atoms with Crippen molar-refractivity contribution in [3.05, 3.63) is 12.4 Å². The van der Waals surface area contributed by atoms with Crippen molar-refractivity contribution < 1.29 is 0 Å². The molecule has 2 aliphatic heterocycles. The van der Waals surface area contributed by atoms with E-state index in [9.17, 15) is 0 Å². The van der Waals surface area contributed by atoms with Gasteiger partial charge in [-0.2, -0.15) is 0 Å². The van der Waals surface area contributed by atoms with Crippen LogP contribution in [-0.4, -0.2) is 47.1 Å². The number of anilines is 2. The number of rotatable bonds is 2. The fraction of sp³-hybridized carbons (Fsp3) is 0.667. The Hall–Kier alpha value is -1.36. The van der Waals surface area contributed by atoms with Crippen LogP contribution in [0.15, 0.2) is 12.4 Å². The van der Waals surface area contributed by atoms with Gasteiger partial charge < -0.3 is 10.6 Å². The fourth-order valence-corrected chi connectivity index (χ4v) is 2.82. The minimum absolute atomic E-state index is 0.629. The predicted molar refractivity (Wildman–Crippen MR) is 67.9 cm³/mol. The second-order valence-corrected chi connectivity index (χ2v) is 4.95. The third kappa shape index (κ3) is 2.20. The van der Waals surface area contributed by atoms with E-state index >= 15 is 0 Å². The Morgan fingerprint density at radius 2 is 1.82 bits per heavy atom. The highest BCUT2D eigenvalue weighted by atomic mass is 15.3. The van der Waals surface area contributed by atoms with E-state index < -0.39 is 0 Å². The van der Waals surface area contributed by atoms with Crippen molar-refractivity contribution in [2.45, 2.75) is 25.3 Å². The number of aromatic nitrogens is 2. The molecule has 5 heteroatoms. The Morgan fingerprint density at radius 1 is 1.12 bits per heavy atom. The normalized spacial score (nSPS) is 25.6. The van der Waals surface area contributed by atoms with Crippen LogP contribution >= 0.6 is 0 Å². The van der Waals surface area contributed by atoms with Gasteiger partial charge in [-0.15, -0.1) is 0 Å². The van der Waals surface area contributed by atoms with Crippen molar-refractivity contribution in [2.24, 2.45) is 0 Å². The van der Waals surface area contributed by atoms with Gasteiger partial charge in [0.05, 0.1) is 18.1 Å². The van der Waals surface area contributed by atoms with E-state index in [-0.39, 0.29) is 0 Å². The maximum absolute atomic E-state index is 5.60. The molecule has 0 spiro atoms. The van der Waals surface area contributed by atoms with Crippen molar-refractivity contribution in [1.82, 2.24) is 14.9 Å². The minimum Gasteiger partial charge on any atom is -0.396 e. The summed E-state index contributed by atoms with van der Waals surface area (Å²) in [5.74, 6) is 0.820. The summed E-state index contributed by atoms with van der Waals surface area (Å²) in [7, 11) is 0. The number of likely N-dealkylation sites (tertiary alicyclic amines) is 1. The third-order valence-electron chi connectivity index (χ3n) is 3.76. The molecule has 1 atom stereocenters. The maximum atomic E-state index is 5.60. The SMILES string of the molecule is Nc1cnc(N2CCC(N3CCCC3)C2)nc1. The van der Waals surface area contributed by atoms with Gasteiger partial charge >= 0.3 is 0 Å². The molecular formula is C12H19N5. The second-order valence-electron chi connectivity index (χ2n) is 4.95. The largest absolute Gasteiger partial charge is 0.396 e. The zero-order valence-electron chi connectivity index (χ0n) is 10.0. The minimum atomic E-state index is 0.629. The highest BCUT2D eigenvalue weighted by molar-refractivity contribution is 5.38. The Kier molecular flexibility index (Phi) is 2.84. The van der Waals surface area contributed by atoms with Gasteiger partial charge in [-0.1, -0.05) is 0 Å². The first kappa shape index (κ1) is 10.8. The zero-order valence-corrected chi connectivity index (χ0v) is 10.0. The van der Waals surface area contributed by atoms with Gasteiger partial charge in [-0.25, -0.2) is 9.97 Å². The quantitative estimate of drug-likeness (QED) is 0.816. The van der Waals surface area contributed by atoms with Crippen LogP contribution in [-0.2, 0) is 0 Å². The molecule has 1 unspecified atom stereocenters. The lowest BCUT2D eigenvalue weighted by Crippen LogP contribution is -2.35. The van der Waals surface area contributed by atoms with E-state index in [1.165, 1.54) is 32.4 Å². The molecule has 92 valence electrons. The van der Waals surface area contributed by atoms with Gasteiger partial charge in [-0.05, 0) is 32.4 Å². The highest BCUT2D eigenvalue weighted by Gasteiger charge is 2.30. The summed E-state index contributed by atoms with van der Waals surface area (Å²) >= 11 is 0. The Bertz CT molecular complexity index is 371. The van der Waals surface area contributed by atoms with Crippen LogP contribution in [0, 0.1) is 0 Å². The summed E-state index contributed by atoms with van der Waals surface area (Å²) in [6.07, 6.45) is 7.31. The van der Waals surface area contributed by atoms with Crippen LogP contribution in [0.5, 0.6) is 0 Å². The number of hydrogen-bond donors (Lipinski definition) is 1. The topological polar surface area (TPSA) is 58.3 Å². The molecule has 0 aromatic carbocycles. The molecule has 5 nitrogen and oxygen atoms in total. The van der Waals surface area contributed by atoms with Crippen molar-refractivity contribution in [3.8, 4) is 0 Å². The van der Waals surface area contributed by atoms with E-state index in [2.05, 4.69) is 19.8 Å². The molecule has 2 aliphatic rings. The summed E-state index contributed by atoms with van der Waals surface area (Å²) in [5, 5.41) is 0. The summed E-state index contributed by atoms with van der Waals surface area (Å²) in [6.45, 7) is 4.65. The molecule has 3 rings (SSSR count). The van der Waals surface area contributed by atoms with Crippen molar-refractivity contribution in [2.75, 3.05) is 36.8 Å². The predicted octanol–water partition coefficient (Wildman–Crippen LogP) is 0.733. The van der Waals surface area contributed by atoms with Crippen LogP contribution in [0.2, 0.25) is 0 Å². The smallest absolute Gasteiger partial charge is 0.225 e. The molecule has 0 saturated carbocycles. The molecule has 2 N–H and O–H groups in total. The molecule has 17 heavy (non-hydrogen) atoms. The Morgan fingerprint density at radius 3 is 2.53 bits per heavy atom. The number of nitrogens with zero attached hydrogens (tertiary/aromatic N) is 4. The van der Waals surface area contributed by atoms with E-state index in [4.69, 9.17) is 5.73 Å². The Balaban J connectivity index is 1.65. The highest BCUT2D eigenvalue weighted by Crippen LogP contribution is 2.22. The van der Waals surface area contributed by atoms with E-state index in [0.717, 1.165) is 19.0 Å². The van der Waals surface area contributed by atoms with Crippen molar-refractivity contribution >= 4 is 11.6 Å². The van der Waals surface area contributed by atoms with Crippen molar-refractivity contribution in [1.29, 1.82) is 0 Å². The average Bonchev–Trinajstić information content (AvgIpc) is 3.00. The molecule has 2 fully saturated rings. The van der Waals surface area contributed by atoms with Gasteiger partial charge in [-0.3, -0.25) is 4.90 Å². The van der Waals surface area contributed by atoms with Gasteiger partial charge in [0.25, 0.3) is 0 Å². The first-order valence-electron chi connectivity index (χ1n) is 6.39. The lowest BCUT2D eigenvalue weighted by Gasteiger charge is -2.23. The molecule has 0 amide bonds.